The van der Waals surface area contributed by atoms with Gasteiger partial charge in [0.2, 0.25) is 0 Å². The Morgan fingerprint density at radius 3 is 1.19 bits per heavy atom. The minimum Gasteiger partial charge on any atom is -0.381 e. The van der Waals surface area contributed by atoms with Gasteiger partial charge in [0.1, 0.15) is 9.79 Å². The number of carbonyl (C=O) groups excluding carboxylic acids is 2. The van der Waals surface area contributed by atoms with Gasteiger partial charge in [0.25, 0.3) is 31.4 Å². The Morgan fingerprint density at radius 2 is 0.907 bits per heavy atom. The molecule has 0 radical (unpaired) electrons. The molecule has 6 N–H and O–H groups in total. The molecule has 2 aromatic rings. The molecule has 0 atom stereocenters. The SMILES string of the molecule is CC(C)(C)NC(=O)NS(=O)(=O)c1cc([N+](=O)[O-])ccc1NC1CCCCC1.CC(C)(C)NC(=O)NS(=O)(=O)c1cc([N+](=O)[O-])ccc1NC1CCCCC1. The maximum Gasteiger partial charge on any atom is 0.329 e. The maximum absolute atomic E-state index is 12.7. The highest BCUT2D eigenvalue weighted by Gasteiger charge is 2.29. The number of rotatable bonds is 10. The zero-order chi connectivity index (χ0) is 40.5. The third-order valence-corrected chi connectivity index (χ3v) is 11.0. The number of anilines is 2. The van der Waals surface area contributed by atoms with E-state index in [1.165, 1.54) is 24.3 Å². The molecule has 2 aliphatic rings. The van der Waals surface area contributed by atoms with Crippen molar-refractivity contribution < 1.29 is 36.3 Å². The predicted molar refractivity (Wildman–Crippen MR) is 204 cm³/mol. The number of urea groups is 2. The normalized spacial score (nSPS) is 15.8. The first-order valence-electron chi connectivity index (χ1n) is 17.8. The molecule has 20 heteroatoms. The lowest BCUT2D eigenvalue weighted by atomic mass is 9.95. The third-order valence-electron chi connectivity index (χ3n) is 8.29. The highest BCUT2D eigenvalue weighted by molar-refractivity contribution is 7.90. The van der Waals surface area contributed by atoms with E-state index in [0.717, 1.165) is 76.3 Å². The Balaban J connectivity index is 0.000000290. The first-order chi connectivity index (χ1) is 25.0. The highest BCUT2D eigenvalue weighted by Crippen LogP contribution is 2.31. The molecule has 300 valence electrons. The van der Waals surface area contributed by atoms with Crippen LogP contribution < -0.4 is 30.7 Å². The number of nitrogens with zero attached hydrogens (tertiary/aromatic N) is 2. The van der Waals surface area contributed by atoms with Gasteiger partial charge in [-0.05, 0) is 79.4 Å². The van der Waals surface area contributed by atoms with E-state index in [4.69, 9.17) is 0 Å². The monoisotopic (exact) mass is 796 g/mol. The van der Waals surface area contributed by atoms with Crippen molar-refractivity contribution in [3.05, 3.63) is 56.6 Å². The average molecular weight is 797 g/mol. The van der Waals surface area contributed by atoms with E-state index < -0.39 is 53.0 Å². The zero-order valence-electron chi connectivity index (χ0n) is 31.5. The first-order valence-corrected chi connectivity index (χ1v) is 20.7. The first kappa shape index (κ1) is 43.7. The summed E-state index contributed by atoms with van der Waals surface area (Å²) in [6.45, 7) is 10.3. The van der Waals surface area contributed by atoms with Crippen LogP contribution >= 0.6 is 0 Å². The smallest absolute Gasteiger partial charge is 0.329 e. The van der Waals surface area contributed by atoms with Crippen molar-refractivity contribution in [2.45, 2.75) is 139 Å². The highest BCUT2D eigenvalue weighted by atomic mass is 32.2. The second-order valence-corrected chi connectivity index (χ2v) is 18.8. The summed E-state index contributed by atoms with van der Waals surface area (Å²) in [5.74, 6) is 0. The fraction of sp³-hybridized carbons (Fsp3) is 0.588. The van der Waals surface area contributed by atoms with E-state index in [-0.39, 0.29) is 44.6 Å². The number of amides is 4. The molecule has 54 heavy (non-hydrogen) atoms. The van der Waals surface area contributed by atoms with Gasteiger partial charge in [0.05, 0.1) is 21.2 Å². The zero-order valence-corrected chi connectivity index (χ0v) is 33.1. The minimum atomic E-state index is -4.30. The van der Waals surface area contributed by atoms with Gasteiger partial charge in [-0.15, -0.1) is 0 Å². The van der Waals surface area contributed by atoms with E-state index in [1.807, 2.05) is 9.44 Å². The van der Waals surface area contributed by atoms with Crippen LogP contribution in [0.25, 0.3) is 0 Å². The molecule has 2 aliphatic carbocycles. The molecule has 2 aromatic carbocycles. The second kappa shape index (κ2) is 18.1. The maximum atomic E-state index is 12.7. The fourth-order valence-electron chi connectivity index (χ4n) is 5.95. The summed E-state index contributed by atoms with van der Waals surface area (Å²) in [5.41, 5.74) is -1.48. The van der Waals surface area contributed by atoms with Crippen LogP contribution in [0.4, 0.5) is 32.3 Å². The van der Waals surface area contributed by atoms with Crippen molar-refractivity contribution in [3.63, 3.8) is 0 Å². The molecule has 2 saturated carbocycles. The number of nitrogens with one attached hydrogen (secondary N) is 6. The van der Waals surface area contributed by atoms with Gasteiger partial charge in [-0.3, -0.25) is 20.2 Å². The summed E-state index contributed by atoms with van der Waals surface area (Å²) < 4.78 is 54.8. The van der Waals surface area contributed by atoms with Crippen LogP contribution in [-0.2, 0) is 20.0 Å². The van der Waals surface area contributed by atoms with Gasteiger partial charge in [-0.1, -0.05) is 38.5 Å². The second-order valence-electron chi connectivity index (χ2n) is 15.5. The molecule has 0 bridgehead atoms. The minimum absolute atomic E-state index is 0.0950. The Labute approximate surface area is 316 Å². The Bertz CT molecular complexity index is 1760. The number of hydrogen-bond donors (Lipinski definition) is 6. The molecule has 0 unspecified atom stereocenters. The number of nitro benzene ring substituents is 2. The van der Waals surface area contributed by atoms with Crippen LogP contribution in [-0.4, -0.2) is 61.9 Å². The molecule has 0 spiro atoms. The van der Waals surface area contributed by atoms with Crippen molar-refractivity contribution in [2.75, 3.05) is 10.6 Å². The van der Waals surface area contributed by atoms with Gasteiger partial charge in [-0.25, -0.2) is 35.9 Å². The van der Waals surface area contributed by atoms with Crippen molar-refractivity contribution in [2.24, 2.45) is 0 Å². The van der Waals surface area contributed by atoms with E-state index in [0.29, 0.717) is 0 Å². The predicted octanol–water partition coefficient (Wildman–Crippen LogP) is 6.25. The van der Waals surface area contributed by atoms with Crippen LogP contribution in [0, 0.1) is 20.2 Å². The summed E-state index contributed by atoms with van der Waals surface area (Å²) in [5, 5.41) is 33.5. The number of hydrogen-bond acceptors (Lipinski definition) is 12. The van der Waals surface area contributed by atoms with Crippen LogP contribution in [0.2, 0.25) is 0 Å². The lowest BCUT2D eigenvalue weighted by Gasteiger charge is -2.25. The van der Waals surface area contributed by atoms with E-state index >= 15 is 0 Å². The summed E-state index contributed by atoms with van der Waals surface area (Å²) in [6.07, 6.45) is 10.0. The van der Waals surface area contributed by atoms with Crippen molar-refractivity contribution in [1.29, 1.82) is 0 Å². The number of sulfonamides is 2. The van der Waals surface area contributed by atoms with Gasteiger partial charge in [0, 0.05) is 47.4 Å². The van der Waals surface area contributed by atoms with Gasteiger partial charge >= 0.3 is 12.1 Å². The summed E-state index contributed by atoms with van der Waals surface area (Å²) in [6, 6.07) is 5.60. The van der Waals surface area contributed by atoms with Gasteiger partial charge < -0.3 is 21.3 Å². The van der Waals surface area contributed by atoms with Crippen LogP contribution in [0.5, 0.6) is 0 Å². The van der Waals surface area contributed by atoms with Crippen LogP contribution in [0.15, 0.2) is 46.2 Å². The van der Waals surface area contributed by atoms with E-state index in [1.54, 1.807) is 41.5 Å². The van der Waals surface area contributed by atoms with Crippen molar-refractivity contribution >= 4 is 54.9 Å². The molecular weight excluding hydrogens is 745 g/mol. The van der Waals surface area contributed by atoms with Crippen molar-refractivity contribution in [3.8, 4) is 0 Å². The Morgan fingerprint density at radius 1 is 0.593 bits per heavy atom. The molecule has 0 heterocycles. The number of benzene rings is 2. The topological polar surface area (TPSA) is 261 Å². The quantitative estimate of drug-likeness (QED) is 0.115. The number of non-ortho nitro benzene ring substituents is 2. The largest absolute Gasteiger partial charge is 0.381 e. The lowest BCUT2D eigenvalue weighted by Crippen LogP contribution is -2.48. The number of carbonyl (C=O) groups is 2. The molecular formula is C34H52N8O10S2. The number of nitro groups is 2. The van der Waals surface area contributed by atoms with Gasteiger partial charge in [-0.2, -0.15) is 0 Å². The van der Waals surface area contributed by atoms with Crippen LogP contribution in [0.1, 0.15) is 106 Å². The molecule has 0 aromatic heterocycles. The Kier molecular flexibility index (Phi) is 14.6. The summed E-state index contributed by atoms with van der Waals surface area (Å²) >= 11 is 0. The molecule has 0 saturated heterocycles. The van der Waals surface area contributed by atoms with Gasteiger partial charge in [0.15, 0.2) is 0 Å². The van der Waals surface area contributed by atoms with Crippen LogP contribution in [0.3, 0.4) is 0 Å². The summed E-state index contributed by atoms with van der Waals surface area (Å²) in [7, 11) is -8.60. The molecule has 4 rings (SSSR count). The molecule has 2 fully saturated rings. The third kappa shape index (κ3) is 13.9. The summed E-state index contributed by atoms with van der Waals surface area (Å²) in [4.78, 5) is 44.2. The molecule has 4 amide bonds. The molecule has 0 aliphatic heterocycles. The lowest BCUT2D eigenvalue weighted by molar-refractivity contribution is -0.385. The van der Waals surface area contributed by atoms with E-state index in [2.05, 4.69) is 21.3 Å². The fourth-order valence-corrected chi connectivity index (χ4v) is 8.15. The average Bonchev–Trinajstić information content (AvgIpc) is 3.03. The molecule has 18 nitrogen and oxygen atoms in total. The van der Waals surface area contributed by atoms with E-state index in [9.17, 15) is 46.7 Å². The standard InChI is InChI=1S/2C17H26N4O5S/c2*1-17(2,3)19-16(22)20-27(25,26)15-11-13(21(23)24)9-10-14(15)18-12-7-5-4-6-8-12/h2*9-12,18H,4-8H2,1-3H3,(H2,19,20,22). The Hall–Kier alpha value is -4.72. The van der Waals surface area contributed by atoms with Crippen molar-refractivity contribution in [1.82, 2.24) is 20.1 Å².